The van der Waals surface area contributed by atoms with Crippen LogP contribution in [-0.2, 0) is 0 Å². The molecule has 1 saturated heterocycles. The number of carbonyl (C=O) groups is 1. The maximum Gasteiger partial charge on any atom is 0.573 e. The molecule has 23 heavy (non-hydrogen) atoms. The molecular weight excluding hydrogens is 333 g/mol. The summed E-state index contributed by atoms with van der Waals surface area (Å²) in [5.74, 6) is -0.709. The number of nitrogens with two attached hydrogens (primary N) is 1. The van der Waals surface area contributed by atoms with Crippen LogP contribution >= 0.6 is 12.4 Å². The van der Waals surface area contributed by atoms with Gasteiger partial charge in [-0.15, -0.1) is 25.6 Å². The Bertz CT molecular complexity index is 564. The first kappa shape index (κ1) is 19.6. The molecule has 0 saturated carbocycles. The van der Waals surface area contributed by atoms with Gasteiger partial charge in [-0.05, 0) is 30.0 Å². The number of rotatable bonds is 2. The predicted molar refractivity (Wildman–Crippen MR) is 82.6 cm³/mol. The van der Waals surface area contributed by atoms with Crippen molar-refractivity contribution < 1.29 is 22.7 Å². The maximum absolute atomic E-state index is 12.5. The van der Waals surface area contributed by atoms with Crippen LogP contribution in [0, 0.1) is 5.41 Å². The second-order valence-corrected chi connectivity index (χ2v) is 6.19. The van der Waals surface area contributed by atoms with E-state index in [1.165, 1.54) is 18.2 Å². The third-order valence-corrected chi connectivity index (χ3v) is 3.91. The summed E-state index contributed by atoms with van der Waals surface area (Å²) in [6.07, 6.45) is -4.11. The molecule has 4 nitrogen and oxygen atoms in total. The molecule has 0 bridgehead atoms. The van der Waals surface area contributed by atoms with E-state index < -0.39 is 12.1 Å². The van der Waals surface area contributed by atoms with Crippen LogP contribution in [0.1, 0.15) is 30.6 Å². The molecule has 2 rings (SSSR count). The number of nitrogens with zero attached hydrogens (tertiary/aromatic N) is 1. The lowest BCUT2D eigenvalue weighted by atomic mass is 9.79. The number of hydrogen-bond donors (Lipinski definition) is 1. The molecule has 0 radical (unpaired) electrons. The van der Waals surface area contributed by atoms with Gasteiger partial charge in [0.25, 0.3) is 5.91 Å². The molecule has 1 aliphatic rings. The van der Waals surface area contributed by atoms with Crippen molar-refractivity contribution in [2.45, 2.75) is 32.7 Å². The Balaban J connectivity index is 0.00000264. The highest BCUT2D eigenvalue weighted by Gasteiger charge is 2.36. The van der Waals surface area contributed by atoms with Crippen molar-refractivity contribution in [3.63, 3.8) is 0 Å². The number of piperidine rings is 1. The van der Waals surface area contributed by atoms with Gasteiger partial charge in [-0.1, -0.05) is 19.9 Å². The van der Waals surface area contributed by atoms with Gasteiger partial charge in [0.05, 0.1) is 0 Å². The van der Waals surface area contributed by atoms with Crippen LogP contribution in [-0.4, -0.2) is 36.3 Å². The Kier molecular flexibility index (Phi) is 5.93. The van der Waals surface area contributed by atoms with Crippen LogP contribution in [0.15, 0.2) is 24.3 Å². The average Bonchev–Trinajstić information content (AvgIpc) is 2.39. The van der Waals surface area contributed by atoms with Gasteiger partial charge in [-0.25, -0.2) is 0 Å². The number of ether oxygens (including phenoxy) is 1. The summed E-state index contributed by atoms with van der Waals surface area (Å²) in [4.78, 5) is 14.1. The van der Waals surface area contributed by atoms with E-state index in [1.807, 2.05) is 13.8 Å². The molecular formula is C15H20ClF3N2O2. The van der Waals surface area contributed by atoms with Gasteiger partial charge >= 0.3 is 6.36 Å². The molecule has 0 aromatic heterocycles. The van der Waals surface area contributed by atoms with Crippen molar-refractivity contribution >= 4 is 18.3 Å². The average molecular weight is 353 g/mol. The third-order valence-electron chi connectivity index (χ3n) is 3.91. The minimum absolute atomic E-state index is 0. The van der Waals surface area contributed by atoms with Crippen LogP contribution in [0.3, 0.4) is 0 Å². The molecule has 130 valence electrons. The van der Waals surface area contributed by atoms with E-state index in [2.05, 4.69) is 4.74 Å². The lowest BCUT2D eigenvalue weighted by molar-refractivity contribution is -0.274. The summed E-state index contributed by atoms with van der Waals surface area (Å²) in [5, 5.41) is 0. The van der Waals surface area contributed by atoms with Gasteiger partial charge in [0.15, 0.2) is 0 Å². The van der Waals surface area contributed by atoms with Crippen molar-refractivity contribution in [2.24, 2.45) is 11.1 Å². The fraction of sp³-hybridized carbons (Fsp3) is 0.533. The summed E-state index contributed by atoms with van der Waals surface area (Å²) in [5.41, 5.74) is 5.97. The highest BCUT2D eigenvalue weighted by Crippen LogP contribution is 2.29. The zero-order chi connectivity index (χ0) is 16.5. The highest BCUT2D eigenvalue weighted by atomic mass is 35.5. The topological polar surface area (TPSA) is 55.6 Å². The zero-order valence-corrected chi connectivity index (χ0v) is 13.7. The van der Waals surface area contributed by atoms with Crippen LogP contribution in [0.25, 0.3) is 0 Å². The summed E-state index contributed by atoms with van der Waals surface area (Å²) in [6, 6.07) is 5.12. The summed E-state index contributed by atoms with van der Waals surface area (Å²) < 4.78 is 40.6. The van der Waals surface area contributed by atoms with Crippen molar-refractivity contribution in [3.8, 4) is 5.75 Å². The normalized spacial score (nSPS) is 20.6. The minimum atomic E-state index is -4.78. The first-order valence-corrected chi connectivity index (χ1v) is 6.99. The largest absolute Gasteiger partial charge is 0.573 e. The van der Waals surface area contributed by atoms with Crippen LogP contribution < -0.4 is 10.5 Å². The number of carbonyl (C=O) groups excluding carboxylic acids is 1. The molecule has 1 aromatic rings. The number of hydrogen-bond acceptors (Lipinski definition) is 3. The van der Waals surface area contributed by atoms with E-state index in [0.29, 0.717) is 19.5 Å². The molecule has 1 amide bonds. The van der Waals surface area contributed by atoms with Crippen LogP contribution in [0.4, 0.5) is 13.2 Å². The van der Waals surface area contributed by atoms with E-state index in [4.69, 9.17) is 5.73 Å². The monoisotopic (exact) mass is 352 g/mol. The van der Waals surface area contributed by atoms with Gasteiger partial charge in [0, 0.05) is 24.7 Å². The molecule has 8 heteroatoms. The van der Waals surface area contributed by atoms with Crippen molar-refractivity contribution in [1.29, 1.82) is 0 Å². The number of alkyl halides is 3. The molecule has 0 spiro atoms. The number of likely N-dealkylation sites (tertiary alicyclic amines) is 1. The molecule has 1 atom stereocenters. The van der Waals surface area contributed by atoms with E-state index in [-0.39, 0.29) is 35.3 Å². The Morgan fingerprint density at radius 3 is 2.61 bits per heavy atom. The Morgan fingerprint density at radius 1 is 1.39 bits per heavy atom. The van der Waals surface area contributed by atoms with Gasteiger partial charge in [-0.3, -0.25) is 4.79 Å². The second-order valence-electron chi connectivity index (χ2n) is 6.19. The quantitative estimate of drug-likeness (QED) is 0.889. The fourth-order valence-corrected chi connectivity index (χ4v) is 2.56. The standard InChI is InChI=1S/C15H19F3N2O2.ClH/c1-14(2)9-20(7-6-12(14)19)13(21)10-4-3-5-11(8-10)22-15(16,17)18;/h3-5,8,12H,6-7,9,19H2,1-2H3;1H. The number of halogens is 4. The molecule has 1 aromatic carbocycles. The molecule has 2 N–H and O–H groups in total. The summed E-state index contributed by atoms with van der Waals surface area (Å²) >= 11 is 0. The van der Waals surface area contributed by atoms with Gasteiger partial charge in [-0.2, -0.15) is 0 Å². The van der Waals surface area contributed by atoms with E-state index in [1.54, 1.807) is 4.90 Å². The Labute approximate surface area is 139 Å². The van der Waals surface area contributed by atoms with Gasteiger partial charge < -0.3 is 15.4 Å². The summed E-state index contributed by atoms with van der Waals surface area (Å²) in [6.45, 7) is 4.91. The summed E-state index contributed by atoms with van der Waals surface area (Å²) in [7, 11) is 0. The van der Waals surface area contributed by atoms with Crippen LogP contribution in [0.2, 0.25) is 0 Å². The van der Waals surface area contributed by atoms with E-state index >= 15 is 0 Å². The fourth-order valence-electron chi connectivity index (χ4n) is 2.56. The lowest BCUT2D eigenvalue weighted by Gasteiger charge is -2.42. The number of amides is 1. The SMILES string of the molecule is CC1(C)CN(C(=O)c2cccc(OC(F)(F)F)c2)CCC1N.Cl. The molecule has 1 unspecified atom stereocenters. The first-order chi connectivity index (χ1) is 10.1. The lowest BCUT2D eigenvalue weighted by Crippen LogP contribution is -2.54. The van der Waals surface area contributed by atoms with Crippen molar-refractivity contribution in [2.75, 3.05) is 13.1 Å². The van der Waals surface area contributed by atoms with Gasteiger partial charge in [0.1, 0.15) is 5.75 Å². The smallest absolute Gasteiger partial charge is 0.406 e. The molecule has 1 aliphatic heterocycles. The second kappa shape index (κ2) is 6.97. The van der Waals surface area contributed by atoms with Crippen molar-refractivity contribution in [3.05, 3.63) is 29.8 Å². The van der Waals surface area contributed by atoms with Crippen LogP contribution in [0.5, 0.6) is 5.75 Å². The van der Waals surface area contributed by atoms with Crippen molar-refractivity contribution in [1.82, 2.24) is 4.90 Å². The van der Waals surface area contributed by atoms with Gasteiger partial charge in [0.2, 0.25) is 0 Å². The highest BCUT2D eigenvalue weighted by molar-refractivity contribution is 5.94. The van der Waals surface area contributed by atoms with E-state index in [9.17, 15) is 18.0 Å². The molecule has 1 fully saturated rings. The zero-order valence-electron chi connectivity index (χ0n) is 12.9. The third kappa shape index (κ3) is 5.00. The predicted octanol–water partition coefficient (Wildman–Crippen LogP) is 3.21. The Hall–Kier alpha value is -1.47. The minimum Gasteiger partial charge on any atom is -0.406 e. The maximum atomic E-state index is 12.5. The van der Waals surface area contributed by atoms with E-state index in [0.717, 1.165) is 6.07 Å². The first-order valence-electron chi connectivity index (χ1n) is 6.99. The number of benzene rings is 1. The Morgan fingerprint density at radius 2 is 2.04 bits per heavy atom. The molecule has 0 aliphatic carbocycles. The molecule has 1 heterocycles.